The third-order valence-corrected chi connectivity index (χ3v) is 3.51. The number of fused-ring (bicyclic) bond motifs is 2. The highest BCUT2D eigenvalue weighted by Crippen LogP contribution is 2.33. The van der Waals surface area contributed by atoms with Gasteiger partial charge in [0.05, 0.1) is 0 Å². The fraction of sp³-hybridized carbons (Fsp3) is 1.00. The summed E-state index contributed by atoms with van der Waals surface area (Å²) in [7, 11) is 4.38. The van der Waals surface area contributed by atoms with Crippen LogP contribution in [0.5, 0.6) is 0 Å². The molecule has 2 aliphatic rings. The average molecular weight is 227 g/mol. The lowest BCUT2D eigenvalue weighted by molar-refractivity contribution is 0.152. The number of hydrogen-bond acceptors (Lipinski definition) is 2. The zero-order chi connectivity index (χ0) is 7.84. The van der Waals surface area contributed by atoms with E-state index in [9.17, 15) is 0 Å². The Balaban J connectivity index is 0.000000720. The van der Waals surface area contributed by atoms with Crippen molar-refractivity contribution >= 4 is 24.8 Å². The predicted molar refractivity (Wildman–Crippen MR) is 61.2 cm³/mol. The normalized spacial score (nSPS) is 37.8. The van der Waals surface area contributed by atoms with E-state index in [1.165, 1.54) is 25.7 Å². The number of nitrogens with zero attached hydrogens (tertiary/aromatic N) is 1. The van der Waals surface area contributed by atoms with Crippen LogP contribution in [0.4, 0.5) is 0 Å². The van der Waals surface area contributed by atoms with Gasteiger partial charge in [-0.2, -0.15) is 0 Å². The first-order valence-corrected chi connectivity index (χ1v) is 4.70. The molecule has 2 aliphatic heterocycles. The highest BCUT2D eigenvalue weighted by Gasteiger charge is 2.37. The second-order valence-electron chi connectivity index (χ2n) is 4.01. The molecule has 2 bridgehead atoms. The molecule has 2 heterocycles. The lowest BCUT2D eigenvalue weighted by Gasteiger charge is -2.36. The monoisotopic (exact) mass is 226 g/mol. The van der Waals surface area contributed by atoms with Crippen molar-refractivity contribution in [1.29, 1.82) is 0 Å². The van der Waals surface area contributed by atoms with Gasteiger partial charge in [-0.15, -0.1) is 24.8 Å². The van der Waals surface area contributed by atoms with Crippen LogP contribution in [0.1, 0.15) is 25.7 Å². The molecule has 2 fully saturated rings. The lowest BCUT2D eigenvalue weighted by atomic mass is 9.98. The summed E-state index contributed by atoms with van der Waals surface area (Å²) in [6.07, 6.45) is 5.59. The Morgan fingerprint density at radius 2 is 1.54 bits per heavy atom. The summed E-state index contributed by atoms with van der Waals surface area (Å²) in [5.41, 5.74) is 0. The van der Waals surface area contributed by atoms with Gasteiger partial charge >= 0.3 is 0 Å². The largest absolute Gasteiger partial charge is 0.317 e. The summed E-state index contributed by atoms with van der Waals surface area (Å²) < 4.78 is 0. The molecule has 0 aromatic rings. The van der Waals surface area contributed by atoms with E-state index in [2.05, 4.69) is 24.3 Å². The van der Waals surface area contributed by atoms with Crippen molar-refractivity contribution in [2.24, 2.45) is 0 Å². The molecule has 4 heteroatoms. The predicted octanol–water partition coefficient (Wildman–Crippen LogP) is 1.67. The maximum absolute atomic E-state index is 3.40. The van der Waals surface area contributed by atoms with Crippen molar-refractivity contribution in [3.63, 3.8) is 0 Å². The quantitative estimate of drug-likeness (QED) is 0.733. The third kappa shape index (κ3) is 2.50. The van der Waals surface area contributed by atoms with E-state index in [-0.39, 0.29) is 24.8 Å². The first-order valence-electron chi connectivity index (χ1n) is 4.70. The zero-order valence-electron chi connectivity index (χ0n) is 8.32. The molecular formula is C9H20Cl2N2. The maximum atomic E-state index is 3.40. The standard InChI is InChI=1S/C9H18N2.2ClH/c1-10-7-5-8-3-4-9(6-7)11(8)2;;/h7-10H,3-6H2,1-2H3;2*1H. The zero-order valence-corrected chi connectivity index (χ0v) is 9.96. The van der Waals surface area contributed by atoms with Crippen LogP contribution in [-0.2, 0) is 0 Å². The Bertz CT molecular complexity index is 141. The van der Waals surface area contributed by atoms with Crippen LogP contribution in [0.2, 0.25) is 0 Å². The molecule has 80 valence electrons. The first-order chi connectivity index (χ1) is 5.31. The third-order valence-electron chi connectivity index (χ3n) is 3.51. The number of nitrogens with one attached hydrogen (secondary N) is 1. The van der Waals surface area contributed by atoms with Crippen LogP contribution in [0, 0.1) is 0 Å². The van der Waals surface area contributed by atoms with Crippen molar-refractivity contribution in [2.75, 3.05) is 14.1 Å². The fourth-order valence-corrected chi connectivity index (χ4v) is 2.65. The van der Waals surface area contributed by atoms with Crippen LogP contribution in [0.15, 0.2) is 0 Å². The average Bonchev–Trinajstić information content (AvgIpc) is 2.26. The van der Waals surface area contributed by atoms with Crippen LogP contribution in [0.25, 0.3) is 0 Å². The van der Waals surface area contributed by atoms with Crippen LogP contribution in [0.3, 0.4) is 0 Å². The van der Waals surface area contributed by atoms with Gasteiger partial charge < -0.3 is 10.2 Å². The van der Waals surface area contributed by atoms with E-state index in [1.54, 1.807) is 0 Å². The summed E-state index contributed by atoms with van der Waals surface area (Å²) in [6, 6.07) is 2.56. The maximum Gasteiger partial charge on any atom is 0.0110 e. The van der Waals surface area contributed by atoms with Crippen molar-refractivity contribution < 1.29 is 0 Å². The summed E-state index contributed by atoms with van der Waals surface area (Å²) >= 11 is 0. The summed E-state index contributed by atoms with van der Waals surface area (Å²) in [5, 5.41) is 3.40. The number of rotatable bonds is 1. The van der Waals surface area contributed by atoms with Gasteiger partial charge in [0.2, 0.25) is 0 Å². The van der Waals surface area contributed by atoms with E-state index in [0.29, 0.717) is 0 Å². The minimum Gasteiger partial charge on any atom is -0.317 e. The Morgan fingerprint density at radius 1 is 1.08 bits per heavy atom. The van der Waals surface area contributed by atoms with E-state index >= 15 is 0 Å². The number of piperidine rings is 1. The highest BCUT2D eigenvalue weighted by molar-refractivity contribution is 5.85. The van der Waals surface area contributed by atoms with Crippen LogP contribution < -0.4 is 5.32 Å². The molecule has 0 spiro atoms. The fourth-order valence-electron chi connectivity index (χ4n) is 2.65. The molecule has 13 heavy (non-hydrogen) atoms. The van der Waals surface area contributed by atoms with Gasteiger partial charge in [0.1, 0.15) is 0 Å². The van der Waals surface area contributed by atoms with Crippen LogP contribution >= 0.6 is 24.8 Å². The summed E-state index contributed by atoms with van der Waals surface area (Å²) in [5.74, 6) is 0. The van der Waals surface area contributed by atoms with Gasteiger partial charge in [0.25, 0.3) is 0 Å². The molecule has 2 atom stereocenters. The molecule has 2 saturated heterocycles. The Labute approximate surface area is 93.3 Å². The van der Waals surface area contributed by atoms with E-state index in [0.717, 1.165) is 18.1 Å². The SMILES string of the molecule is CNC1CC2CCC(C1)N2C.Cl.Cl. The summed E-state index contributed by atoms with van der Waals surface area (Å²) in [4.78, 5) is 2.58. The topological polar surface area (TPSA) is 15.3 Å². The van der Waals surface area contributed by atoms with Crippen molar-refractivity contribution in [1.82, 2.24) is 10.2 Å². The van der Waals surface area contributed by atoms with E-state index in [1.807, 2.05) is 0 Å². The van der Waals surface area contributed by atoms with Gasteiger partial charge in [-0.1, -0.05) is 0 Å². The molecule has 2 rings (SSSR count). The molecule has 1 N–H and O–H groups in total. The van der Waals surface area contributed by atoms with Gasteiger partial charge in [-0.3, -0.25) is 0 Å². The molecule has 0 aromatic heterocycles. The van der Waals surface area contributed by atoms with Gasteiger partial charge in [0, 0.05) is 18.1 Å². The minimum atomic E-state index is 0. The second-order valence-corrected chi connectivity index (χ2v) is 4.01. The summed E-state index contributed by atoms with van der Waals surface area (Å²) in [6.45, 7) is 0. The molecule has 2 unspecified atom stereocenters. The highest BCUT2D eigenvalue weighted by atomic mass is 35.5. The second kappa shape index (κ2) is 5.40. The van der Waals surface area contributed by atoms with Crippen LogP contribution in [-0.4, -0.2) is 37.1 Å². The van der Waals surface area contributed by atoms with Crippen molar-refractivity contribution in [2.45, 2.75) is 43.8 Å². The van der Waals surface area contributed by atoms with Crippen molar-refractivity contribution in [3.05, 3.63) is 0 Å². The molecule has 0 amide bonds. The Hall–Kier alpha value is 0.500. The lowest BCUT2D eigenvalue weighted by Crippen LogP contribution is -2.46. The molecular weight excluding hydrogens is 207 g/mol. The smallest absolute Gasteiger partial charge is 0.0110 e. The first kappa shape index (κ1) is 13.5. The number of hydrogen-bond donors (Lipinski definition) is 1. The van der Waals surface area contributed by atoms with Gasteiger partial charge in [-0.25, -0.2) is 0 Å². The Morgan fingerprint density at radius 3 is 1.92 bits per heavy atom. The molecule has 2 nitrogen and oxygen atoms in total. The van der Waals surface area contributed by atoms with Gasteiger partial charge in [0.15, 0.2) is 0 Å². The van der Waals surface area contributed by atoms with Crippen molar-refractivity contribution in [3.8, 4) is 0 Å². The molecule has 0 saturated carbocycles. The number of halogens is 2. The molecule has 0 aromatic carbocycles. The van der Waals surface area contributed by atoms with Gasteiger partial charge in [-0.05, 0) is 39.8 Å². The molecule has 0 radical (unpaired) electrons. The minimum absolute atomic E-state index is 0. The van der Waals surface area contributed by atoms with E-state index < -0.39 is 0 Å². The Kier molecular flexibility index (Phi) is 5.61. The van der Waals surface area contributed by atoms with E-state index in [4.69, 9.17) is 0 Å². The molecule has 0 aliphatic carbocycles.